The molecule has 0 radical (unpaired) electrons. The maximum atomic E-state index is 6.16. The van der Waals surface area contributed by atoms with Crippen LogP contribution in [0.15, 0.2) is 16.6 Å². The molecule has 2 rings (SSSR count). The fraction of sp³-hybridized carbons (Fsp3) is 0.571. The molecule has 1 N–H and O–H groups in total. The zero-order valence-corrected chi connectivity index (χ0v) is 13.5. The van der Waals surface area contributed by atoms with Crippen LogP contribution in [-0.2, 0) is 0 Å². The molecule has 1 fully saturated rings. The molecule has 2 nitrogen and oxygen atoms in total. The first kappa shape index (κ1) is 14.2. The van der Waals surface area contributed by atoms with Crippen molar-refractivity contribution in [2.45, 2.75) is 26.3 Å². The summed E-state index contributed by atoms with van der Waals surface area (Å²) in [6.45, 7) is 4.60. The van der Waals surface area contributed by atoms with Crippen LogP contribution in [0.25, 0.3) is 0 Å². The Morgan fingerprint density at radius 1 is 1.50 bits per heavy atom. The molecule has 2 atom stereocenters. The monoisotopic (exact) mass is 331 g/mol. The van der Waals surface area contributed by atoms with E-state index in [9.17, 15) is 0 Å². The highest BCUT2D eigenvalue weighted by molar-refractivity contribution is 9.10. The molecule has 0 aliphatic heterocycles. The number of hydrogen-bond acceptors (Lipinski definition) is 2. The maximum absolute atomic E-state index is 6.16. The highest BCUT2D eigenvalue weighted by Crippen LogP contribution is 2.59. The Morgan fingerprint density at radius 2 is 2.11 bits per heavy atom. The number of nitrogens with one attached hydrogen (secondary N) is 1. The van der Waals surface area contributed by atoms with Gasteiger partial charge in [0.05, 0.1) is 11.6 Å². The number of rotatable bonds is 4. The third kappa shape index (κ3) is 2.54. The predicted octanol–water partition coefficient (Wildman–Crippen LogP) is 4.42. The molecule has 1 saturated carbocycles. The molecule has 2 unspecified atom stereocenters. The van der Waals surface area contributed by atoms with Gasteiger partial charge in [0.15, 0.2) is 0 Å². The van der Waals surface area contributed by atoms with E-state index in [-0.39, 0.29) is 6.04 Å². The first-order valence-corrected chi connectivity index (χ1v) is 7.28. The van der Waals surface area contributed by atoms with Crippen LogP contribution < -0.4 is 10.1 Å². The lowest BCUT2D eigenvalue weighted by Crippen LogP contribution is -2.21. The number of methoxy groups -OCH3 is 1. The van der Waals surface area contributed by atoms with Crippen LogP contribution in [-0.4, -0.2) is 14.2 Å². The average molecular weight is 333 g/mol. The van der Waals surface area contributed by atoms with Gasteiger partial charge in [0, 0.05) is 16.6 Å². The Bertz CT molecular complexity index is 461. The number of benzene rings is 1. The summed E-state index contributed by atoms with van der Waals surface area (Å²) < 4.78 is 6.42. The molecular weight excluding hydrogens is 314 g/mol. The van der Waals surface area contributed by atoms with E-state index in [2.05, 4.69) is 35.1 Å². The smallest absolute Gasteiger partial charge is 0.137 e. The van der Waals surface area contributed by atoms with E-state index < -0.39 is 0 Å². The summed E-state index contributed by atoms with van der Waals surface area (Å²) in [5.41, 5.74) is 1.53. The van der Waals surface area contributed by atoms with Crippen molar-refractivity contribution in [3.05, 3.63) is 27.2 Å². The van der Waals surface area contributed by atoms with E-state index in [0.717, 1.165) is 20.8 Å². The van der Waals surface area contributed by atoms with Crippen molar-refractivity contribution in [3.63, 3.8) is 0 Å². The van der Waals surface area contributed by atoms with Crippen molar-refractivity contribution in [2.75, 3.05) is 14.2 Å². The topological polar surface area (TPSA) is 21.3 Å². The Labute approximate surface area is 122 Å². The van der Waals surface area contributed by atoms with Crippen LogP contribution in [0, 0.1) is 11.3 Å². The third-order valence-corrected chi connectivity index (χ3v) is 4.69. The van der Waals surface area contributed by atoms with E-state index in [1.165, 1.54) is 6.42 Å². The molecule has 0 saturated heterocycles. The molecule has 1 aliphatic carbocycles. The molecule has 1 aromatic rings. The van der Waals surface area contributed by atoms with Crippen LogP contribution in [0.3, 0.4) is 0 Å². The Balaban J connectivity index is 2.42. The minimum absolute atomic E-state index is 0.282. The van der Waals surface area contributed by atoms with Crippen LogP contribution in [0.2, 0.25) is 5.02 Å². The lowest BCUT2D eigenvalue weighted by Gasteiger charge is -2.22. The van der Waals surface area contributed by atoms with E-state index in [4.69, 9.17) is 16.3 Å². The lowest BCUT2D eigenvalue weighted by atomic mass is 9.96. The van der Waals surface area contributed by atoms with Gasteiger partial charge < -0.3 is 10.1 Å². The van der Waals surface area contributed by atoms with Gasteiger partial charge in [-0.1, -0.05) is 25.4 Å². The van der Waals surface area contributed by atoms with Crippen LogP contribution in [0.4, 0.5) is 0 Å². The summed E-state index contributed by atoms with van der Waals surface area (Å²) in [6.07, 6.45) is 1.23. The van der Waals surface area contributed by atoms with Gasteiger partial charge in [-0.25, -0.2) is 0 Å². The lowest BCUT2D eigenvalue weighted by molar-refractivity contribution is 0.382. The second kappa shape index (κ2) is 5.03. The highest BCUT2D eigenvalue weighted by Gasteiger charge is 2.50. The second-order valence-electron chi connectivity index (χ2n) is 5.58. The second-order valence-corrected chi connectivity index (χ2v) is 6.87. The van der Waals surface area contributed by atoms with E-state index in [1.54, 1.807) is 7.11 Å². The van der Waals surface area contributed by atoms with Crippen molar-refractivity contribution < 1.29 is 4.74 Å². The molecule has 0 heterocycles. The van der Waals surface area contributed by atoms with Gasteiger partial charge in [-0.3, -0.25) is 0 Å². The molecule has 0 spiro atoms. The van der Waals surface area contributed by atoms with Gasteiger partial charge in [0.1, 0.15) is 5.75 Å². The minimum Gasteiger partial charge on any atom is -0.495 e. The highest BCUT2D eigenvalue weighted by atomic mass is 79.9. The third-order valence-electron chi connectivity index (χ3n) is 3.88. The molecule has 1 aliphatic rings. The minimum atomic E-state index is 0.282. The van der Waals surface area contributed by atoms with Gasteiger partial charge in [-0.05, 0) is 52.9 Å². The quantitative estimate of drug-likeness (QED) is 0.881. The fourth-order valence-corrected chi connectivity index (χ4v) is 3.67. The summed E-state index contributed by atoms with van der Waals surface area (Å²) in [5.74, 6) is 1.50. The average Bonchev–Trinajstić information content (AvgIpc) is 2.88. The summed E-state index contributed by atoms with van der Waals surface area (Å²) >= 11 is 9.68. The molecule has 100 valence electrons. The van der Waals surface area contributed by atoms with Crippen molar-refractivity contribution in [1.82, 2.24) is 5.32 Å². The van der Waals surface area contributed by atoms with E-state index in [1.807, 2.05) is 19.2 Å². The van der Waals surface area contributed by atoms with E-state index in [0.29, 0.717) is 11.3 Å². The predicted molar refractivity (Wildman–Crippen MR) is 79.4 cm³/mol. The summed E-state index contributed by atoms with van der Waals surface area (Å²) in [6, 6.07) is 4.15. The first-order valence-electron chi connectivity index (χ1n) is 6.11. The van der Waals surface area contributed by atoms with Crippen molar-refractivity contribution in [2.24, 2.45) is 11.3 Å². The molecule has 4 heteroatoms. The van der Waals surface area contributed by atoms with Gasteiger partial charge in [0.2, 0.25) is 0 Å². The molecule has 0 amide bonds. The van der Waals surface area contributed by atoms with Gasteiger partial charge in [-0.2, -0.15) is 0 Å². The van der Waals surface area contributed by atoms with Crippen molar-refractivity contribution in [3.8, 4) is 5.75 Å². The van der Waals surface area contributed by atoms with Crippen LogP contribution in [0.5, 0.6) is 5.75 Å². The number of hydrogen-bond donors (Lipinski definition) is 1. The Kier molecular flexibility index (Phi) is 3.96. The molecule has 18 heavy (non-hydrogen) atoms. The zero-order chi connectivity index (χ0) is 13.5. The first-order chi connectivity index (χ1) is 8.40. The number of halogens is 2. The Morgan fingerprint density at radius 3 is 2.56 bits per heavy atom. The molecule has 1 aromatic carbocycles. The van der Waals surface area contributed by atoms with E-state index >= 15 is 0 Å². The van der Waals surface area contributed by atoms with Crippen LogP contribution >= 0.6 is 27.5 Å². The molecule has 0 aromatic heterocycles. The summed E-state index contributed by atoms with van der Waals surface area (Å²) in [4.78, 5) is 0. The molecule has 0 bridgehead atoms. The van der Waals surface area contributed by atoms with Gasteiger partial charge in [0.25, 0.3) is 0 Å². The SMILES string of the molecule is CNC(c1cc(Cl)cc(Br)c1OC)C1CC1(C)C. The Hall–Kier alpha value is -0.250. The summed E-state index contributed by atoms with van der Waals surface area (Å²) in [5, 5.41) is 4.14. The molecular formula is C14H19BrClNO. The normalized spacial score (nSPS) is 22.7. The van der Waals surface area contributed by atoms with Gasteiger partial charge in [-0.15, -0.1) is 0 Å². The maximum Gasteiger partial charge on any atom is 0.137 e. The van der Waals surface area contributed by atoms with Gasteiger partial charge >= 0.3 is 0 Å². The summed E-state index contributed by atoms with van der Waals surface area (Å²) in [7, 11) is 3.69. The fourth-order valence-electron chi connectivity index (χ4n) is 2.68. The van der Waals surface area contributed by atoms with Crippen molar-refractivity contribution in [1.29, 1.82) is 0 Å². The number of ether oxygens (including phenoxy) is 1. The van der Waals surface area contributed by atoms with Crippen molar-refractivity contribution >= 4 is 27.5 Å². The zero-order valence-electron chi connectivity index (χ0n) is 11.2. The standard InChI is InChI=1S/C14H19BrClNO/c1-14(2)7-10(14)12(17-3)9-5-8(16)6-11(15)13(9)18-4/h5-6,10,12,17H,7H2,1-4H3. The largest absolute Gasteiger partial charge is 0.495 e. The van der Waals surface area contributed by atoms with Crippen LogP contribution in [0.1, 0.15) is 31.9 Å².